The van der Waals surface area contributed by atoms with Gasteiger partial charge in [0.15, 0.2) is 9.84 Å². The van der Waals surface area contributed by atoms with E-state index in [1.54, 1.807) is 29.7 Å². The van der Waals surface area contributed by atoms with Crippen LogP contribution in [0.5, 0.6) is 11.5 Å². The zero-order valence-electron chi connectivity index (χ0n) is 15.7. The fourth-order valence-corrected chi connectivity index (χ4v) is 5.53. The molecule has 1 aliphatic heterocycles. The number of rotatable bonds is 7. The number of carbonyl (C=O) groups is 1. The summed E-state index contributed by atoms with van der Waals surface area (Å²) >= 11 is 0. The maximum Gasteiger partial charge on any atom is 0.264 e. The summed E-state index contributed by atoms with van der Waals surface area (Å²) in [7, 11) is -3.76. The Bertz CT molecular complexity index is 915. The topological polar surface area (TPSA) is 95.9 Å². The Morgan fingerprint density at radius 1 is 1.14 bits per heavy atom. The molecule has 150 valence electrons. The van der Waals surface area contributed by atoms with Crippen molar-refractivity contribution in [2.75, 3.05) is 18.8 Å². The van der Waals surface area contributed by atoms with Crippen LogP contribution in [-0.4, -0.2) is 48.8 Å². The Balaban J connectivity index is 1.82. The minimum absolute atomic E-state index is 0.112. The zero-order chi connectivity index (χ0) is 20.2. The van der Waals surface area contributed by atoms with Gasteiger partial charge >= 0.3 is 0 Å². The van der Waals surface area contributed by atoms with Gasteiger partial charge in [-0.3, -0.25) is 14.9 Å². The predicted octanol–water partition coefficient (Wildman–Crippen LogP) is 2.61. The number of likely N-dealkylation sites (tertiary alicyclic amines) is 1. The molecule has 0 unspecified atom stereocenters. The molecule has 1 saturated heterocycles. The molecule has 0 aliphatic carbocycles. The number of para-hydroxylation sites is 1. The van der Waals surface area contributed by atoms with Gasteiger partial charge in [-0.2, -0.15) is 0 Å². The Hall–Kier alpha value is -2.42. The van der Waals surface area contributed by atoms with Crippen LogP contribution in [0.3, 0.4) is 0 Å². The molecular weight excluding hydrogens is 380 g/mol. The summed E-state index contributed by atoms with van der Waals surface area (Å²) in [4.78, 5) is 14.3. The Morgan fingerprint density at radius 2 is 1.79 bits per heavy atom. The van der Waals surface area contributed by atoms with Gasteiger partial charge in [0, 0.05) is 0 Å². The maximum absolute atomic E-state index is 13.0. The van der Waals surface area contributed by atoms with Crippen LogP contribution < -0.4 is 10.2 Å². The molecule has 2 N–H and O–H groups in total. The number of ether oxygens (including phenoxy) is 1. The van der Waals surface area contributed by atoms with Crippen molar-refractivity contribution in [2.45, 2.75) is 30.2 Å². The largest absolute Gasteiger partial charge is 0.457 e. The third kappa shape index (κ3) is 4.04. The Morgan fingerprint density at radius 3 is 2.39 bits per heavy atom. The standard InChI is InChI=1S/C20H24N2O5S/c1-2-22-14-6-13-20(22,19(23)21-24)15-28(25,26)18-11-9-17(10-12-18)27-16-7-4-3-5-8-16/h3-5,7-12,24H,2,6,13-15H2,1H3,(H,21,23)/t20-/m1/s1. The smallest absolute Gasteiger partial charge is 0.264 e. The Kier molecular flexibility index (Phi) is 6.02. The molecule has 7 nitrogen and oxygen atoms in total. The summed E-state index contributed by atoms with van der Waals surface area (Å²) in [5, 5.41) is 9.18. The average molecular weight is 404 g/mol. The lowest BCUT2D eigenvalue weighted by molar-refractivity contribution is -0.139. The second kappa shape index (κ2) is 8.30. The van der Waals surface area contributed by atoms with Crippen molar-refractivity contribution in [2.24, 2.45) is 0 Å². The summed E-state index contributed by atoms with van der Waals surface area (Å²) in [5.74, 6) is 0.101. The van der Waals surface area contributed by atoms with Gasteiger partial charge in [0.2, 0.25) is 0 Å². The molecular formula is C20H24N2O5S. The van der Waals surface area contributed by atoms with Crippen molar-refractivity contribution in [1.82, 2.24) is 10.4 Å². The molecule has 0 saturated carbocycles. The minimum atomic E-state index is -3.76. The maximum atomic E-state index is 13.0. The van der Waals surface area contributed by atoms with Crippen LogP contribution in [0, 0.1) is 0 Å². The van der Waals surface area contributed by atoms with E-state index < -0.39 is 21.3 Å². The van der Waals surface area contributed by atoms with Gasteiger partial charge in [0.05, 0.1) is 10.6 Å². The number of amides is 1. The molecule has 0 bridgehead atoms. The zero-order valence-corrected chi connectivity index (χ0v) is 16.5. The first kappa shape index (κ1) is 20.3. The number of hydrogen-bond donors (Lipinski definition) is 2. The molecule has 2 aromatic carbocycles. The SMILES string of the molecule is CCN1CCC[C@@]1(CS(=O)(=O)c1ccc(Oc2ccccc2)cc1)C(=O)NO. The Labute approximate surface area is 164 Å². The molecule has 1 atom stereocenters. The summed E-state index contributed by atoms with van der Waals surface area (Å²) in [6.07, 6.45) is 1.07. The number of nitrogens with zero attached hydrogens (tertiary/aromatic N) is 1. The quantitative estimate of drug-likeness (QED) is 0.544. The number of nitrogens with one attached hydrogen (secondary N) is 1. The summed E-state index contributed by atoms with van der Waals surface area (Å²) in [6.45, 7) is 3.00. The van der Waals surface area contributed by atoms with Crippen LogP contribution in [0.4, 0.5) is 0 Å². The highest BCUT2D eigenvalue weighted by Crippen LogP contribution is 2.33. The van der Waals surface area contributed by atoms with E-state index in [9.17, 15) is 18.4 Å². The highest BCUT2D eigenvalue weighted by Gasteiger charge is 2.49. The number of hydroxylamine groups is 1. The van der Waals surface area contributed by atoms with Crippen molar-refractivity contribution in [3.63, 3.8) is 0 Å². The molecule has 0 radical (unpaired) electrons. The van der Waals surface area contributed by atoms with E-state index in [1.165, 1.54) is 12.1 Å². The third-order valence-electron chi connectivity index (χ3n) is 5.12. The van der Waals surface area contributed by atoms with Crippen molar-refractivity contribution in [3.8, 4) is 11.5 Å². The van der Waals surface area contributed by atoms with Crippen molar-refractivity contribution < 1.29 is 23.2 Å². The second-order valence-corrected chi connectivity index (χ2v) is 8.79. The van der Waals surface area contributed by atoms with Crippen molar-refractivity contribution in [3.05, 3.63) is 54.6 Å². The molecule has 0 spiro atoms. The van der Waals surface area contributed by atoms with Gasteiger partial charge in [-0.05, 0) is 62.3 Å². The first-order valence-corrected chi connectivity index (χ1v) is 10.8. The number of benzene rings is 2. The van der Waals surface area contributed by atoms with Crippen molar-refractivity contribution >= 4 is 15.7 Å². The van der Waals surface area contributed by atoms with E-state index >= 15 is 0 Å². The van der Waals surface area contributed by atoms with Gasteiger partial charge in [-0.15, -0.1) is 0 Å². The highest BCUT2D eigenvalue weighted by molar-refractivity contribution is 7.91. The number of likely N-dealkylation sites (N-methyl/N-ethyl adjacent to an activating group) is 1. The molecule has 1 aliphatic rings. The van der Waals surface area contributed by atoms with Gasteiger partial charge in [-0.1, -0.05) is 25.1 Å². The van der Waals surface area contributed by atoms with Gasteiger partial charge in [-0.25, -0.2) is 13.9 Å². The lowest BCUT2D eigenvalue weighted by Gasteiger charge is -2.35. The number of carbonyl (C=O) groups excluding carboxylic acids is 1. The molecule has 8 heteroatoms. The van der Waals surface area contributed by atoms with Crippen molar-refractivity contribution in [1.29, 1.82) is 0 Å². The highest BCUT2D eigenvalue weighted by atomic mass is 32.2. The van der Waals surface area contributed by atoms with E-state index in [-0.39, 0.29) is 10.6 Å². The van der Waals surface area contributed by atoms with Crippen LogP contribution in [-0.2, 0) is 14.6 Å². The fraction of sp³-hybridized carbons (Fsp3) is 0.350. The molecule has 2 aromatic rings. The van der Waals surface area contributed by atoms with E-state index in [2.05, 4.69) is 0 Å². The average Bonchev–Trinajstić information content (AvgIpc) is 3.11. The number of sulfone groups is 1. The monoisotopic (exact) mass is 404 g/mol. The summed E-state index contributed by atoms with van der Waals surface area (Å²) < 4.78 is 31.7. The van der Waals surface area contributed by atoms with E-state index in [0.29, 0.717) is 37.4 Å². The molecule has 1 amide bonds. The normalized spacial score (nSPS) is 20.1. The van der Waals surface area contributed by atoms with Gasteiger partial charge in [0.1, 0.15) is 17.0 Å². The second-order valence-electron chi connectivity index (χ2n) is 6.80. The lowest BCUT2D eigenvalue weighted by atomic mass is 9.98. The van der Waals surface area contributed by atoms with E-state index in [1.807, 2.05) is 30.0 Å². The predicted molar refractivity (Wildman–Crippen MR) is 104 cm³/mol. The fourth-order valence-electron chi connectivity index (χ4n) is 3.72. The van der Waals surface area contributed by atoms with Gasteiger partial charge < -0.3 is 4.74 Å². The summed E-state index contributed by atoms with van der Waals surface area (Å²) in [6, 6.07) is 15.3. The van der Waals surface area contributed by atoms with Crippen LogP contribution in [0.1, 0.15) is 19.8 Å². The van der Waals surface area contributed by atoms with Crippen LogP contribution in [0.15, 0.2) is 59.5 Å². The molecule has 28 heavy (non-hydrogen) atoms. The molecule has 1 fully saturated rings. The van der Waals surface area contributed by atoms with E-state index in [4.69, 9.17) is 4.74 Å². The third-order valence-corrected chi connectivity index (χ3v) is 6.97. The first-order chi connectivity index (χ1) is 13.4. The first-order valence-electron chi connectivity index (χ1n) is 9.16. The minimum Gasteiger partial charge on any atom is -0.457 e. The molecule has 0 aromatic heterocycles. The van der Waals surface area contributed by atoms with Crippen LogP contribution >= 0.6 is 0 Å². The lowest BCUT2D eigenvalue weighted by Crippen LogP contribution is -2.58. The van der Waals surface area contributed by atoms with E-state index in [0.717, 1.165) is 0 Å². The molecule has 3 rings (SSSR count). The molecule has 1 heterocycles. The van der Waals surface area contributed by atoms with Gasteiger partial charge in [0.25, 0.3) is 5.91 Å². The van der Waals surface area contributed by atoms with Crippen LogP contribution in [0.25, 0.3) is 0 Å². The number of hydrogen-bond acceptors (Lipinski definition) is 6. The van der Waals surface area contributed by atoms with Crippen LogP contribution in [0.2, 0.25) is 0 Å². The summed E-state index contributed by atoms with van der Waals surface area (Å²) in [5.41, 5.74) is 0.395.